The third kappa shape index (κ3) is 5.77. The molecule has 188 valence electrons. The lowest BCUT2D eigenvalue weighted by atomic mass is 9.90. The highest BCUT2D eigenvalue weighted by atomic mass is 35.5. The normalized spacial score (nSPS) is 14.6. The van der Waals surface area contributed by atoms with Crippen LogP contribution in [-0.2, 0) is 0 Å². The van der Waals surface area contributed by atoms with Crippen LogP contribution in [0, 0.1) is 0 Å². The van der Waals surface area contributed by atoms with Crippen molar-refractivity contribution in [2.24, 2.45) is 0 Å². The van der Waals surface area contributed by atoms with Crippen molar-refractivity contribution in [2.45, 2.75) is 25.4 Å². The molecule has 4 aromatic rings. The Kier molecular flexibility index (Phi) is 8.74. The van der Waals surface area contributed by atoms with Crippen LogP contribution in [0.2, 0.25) is 0 Å². The van der Waals surface area contributed by atoms with Gasteiger partial charge in [0.1, 0.15) is 23.4 Å². The molecule has 1 aliphatic heterocycles. The first-order valence-corrected chi connectivity index (χ1v) is 12.4. The molecule has 5 rings (SSSR count). The standard InChI is InChI=1S/C31H33NO3.ClH/c1-33-25-14-11-23(12-15-25)28-17-13-24-21-27(34-2)16-18-29(24)31(28)30(22-32-19-7-4-8-20-32)35-26-9-5-3-6-10-26;/h3,5-6,9-18,21,30H,4,7-8,19-20,22H2,1-2H3;1H. The summed E-state index contributed by atoms with van der Waals surface area (Å²) in [6, 6.07) is 29.2. The molecule has 1 fully saturated rings. The molecular formula is C31H34ClNO3. The van der Waals surface area contributed by atoms with Crippen LogP contribution in [0.25, 0.3) is 21.9 Å². The number of piperidine rings is 1. The van der Waals surface area contributed by atoms with E-state index in [1.54, 1.807) is 14.2 Å². The summed E-state index contributed by atoms with van der Waals surface area (Å²) in [6.07, 6.45) is 3.68. The molecule has 1 heterocycles. The average Bonchev–Trinajstić information content (AvgIpc) is 2.93. The fraction of sp³-hybridized carbons (Fsp3) is 0.290. The van der Waals surface area contributed by atoms with E-state index in [1.165, 1.54) is 35.8 Å². The molecule has 1 unspecified atom stereocenters. The van der Waals surface area contributed by atoms with Crippen molar-refractivity contribution in [3.63, 3.8) is 0 Å². The first-order valence-electron chi connectivity index (χ1n) is 12.4. The summed E-state index contributed by atoms with van der Waals surface area (Å²) >= 11 is 0. The molecule has 0 amide bonds. The van der Waals surface area contributed by atoms with Crippen LogP contribution in [0.1, 0.15) is 30.9 Å². The third-order valence-corrected chi connectivity index (χ3v) is 6.89. The first kappa shape index (κ1) is 25.9. The minimum atomic E-state index is -0.121. The molecule has 36 heavy (non-hydrogen) atoms. The second-order valence-electron chi connectivity index (χ2n) is 9.12. The lowest BCUT2D eigenvalue weighted by molar-refractivity contribution is 0.120. The van der Waals surface area contributed by atoms with Gasteiger partial charge in [0, 0.05) is 12.1 Å². The summed E-state index contributed by atoms with van der Waals surface area (Å²) in [5.41, 5.74) is 3.55. The third-order valence-electron chi connectivity index (χ3n) is 6.89. The molecule has 0 saturated carbocycles. The Bertz CT molecular complexity index is 1250. The highest BCUT2D eigenvalue weighted by Gasteiger charge is 2.25. The van der Waals surface area contributed by atoms with Gasteiger partial charge in [-0.25, -0.2) is 0 Å². The Balaban J connectivity index is 0.00000304. The van der Waals surface area contributed by atoms with Gasteiger partial charge in [-0.1, -0.05) is 55.0 Å². The van der Waals surface area contributed by atoms with E-state index < -0.39 is 0 Å². The zero-order valence-electron chi connectivity index (χ0n) is 21.0. The Morgan fingerprint density at radius 2 is 1.42 bits per heavy atom. The number of hydrogen-bond acceptors (Lipinski definition) is 4. The van der Waals surface area contributed by atoms with E-state index in [-0.39, 0.29) is 18.5 Å². The van der Waals surface area contributed by atoms with E-state index in [9.17, 15) is 0 Å². The van der Waals surface area contributed by atoms with Gasteiger partial charge < -0.3 is 14.2 Å². The van der Waals surface area contributed by atoms with Gasteiger partial charge in [0.05, 0.1) is 14.2 Å². The molecule has 5 heteroatoms. The van der Waals surface area contributed by atoms with Gasteiger partial charge in [-0.2, -0.15) is 0 Å². The highest BCUT2D eigenvalue weighted by Crippen LogP contribution is 2.39. The number of rotatable bonds is 8. The number of hydrogen-bond donors (Lipinski definition) is 0. The maximum absolute atomic E-state index is 6.78. The predicted molar refractivity (Wildman–Crippen MR) is 150 cm³/mol. The Morgan fingerprint density at radius 3 is 2.11 bits per heavy atom. The SMILES string of the molecule is COc1ccc(-c2ccc3cc(OC)ccc3c2C(CN2CCCCC2)Oc2ccccc2)cc1.Cl. The molecular weight excluding hydrogens is 470 g/mol. The molecule has 4 aromatic carbocycles. The molecule has 1 saturated heterocycles. The van der Waals surface area contributed by atoms with Crippen LogP contribution in [-0.4, -0.2) is 38.8 Å². The second kappa shape index (κ2) is 12.2. The minimum Gasteiger partial charge on any atom is -0.497 e. The summed E-state index contributed by atoms with van der Waals surface area (Å²) in [4.78, 5) is 2.55. The number of halogens is 1. The van der Waals surface area contributed by atoms with Crippen molar-refractivity contribution >= 4 is 23.2 Å². The first-order chi connectivity index (χ1) is 17.2. The van der Waals surface area contributed by atoms with Gasteiger partial charge in [0.2, 0.25) is 0 Å². The van der Waals surface area contributed by atoms with Crippen molar-refractivity contribution in [1.29, 1.82) is 0 Å². The van der Waals surface area contributed by atoms with Gasteiger partial charge >= 0.3 is 0 Å². The molecule has 0 N–H and O–H groups in total. The van der Waals surface area contributed by atoms with Crippen LogP contribution >= 0.6 is 12.4 Å². The molecule has 0 bridgehead atoms. The highest BCUT2D eigenvalue weighted by molar-refractivity contribution is 5.93. The quantitative estimate of drug-likeness (QED) is 0.248. The summed E-state index contributed by atoms with van der Waals surface area (Å²) in [6.45, 7) is 3.08. The molecule has 0 aliphatic carbocycles. The van der Waals surface area contributed by atoms with E-state index in [4.69, 9.17) is 14.2 Å². The number of nitrogens with zero attached hydrogens (tertiary/aromatic N) is 1. The van der Waals surface area contributed by atoms with Gasteiger partial charge in [-0.15, -0.1) is 12.4 Å². The second-order valence-corrected chi connectivity index (χ2v) is 9.12. The average molecular weight is 504 g/mol. The fourth-order valence-electron chi connectivity index (χ4n) is 5.06. The van der Waals surface area contributed by atoms with Gasteiger partial charge in [-0.3, -0.25) is 4.90 Å². The zero-order valence-corrected chi connectivity index (χ0v) is 21.8. The van der Waals surface area contributed by atoms with Crippen molar-refractivity contribution in [1.82, 2.24) is 4.90 Å². The summed E-state index contributed by atoms with van der Waals surface area (Å²) in [7, 11) is 3.41. The van der Waals surface area contributed by atoms with Crippen LogP contribution in [0.4, 0.5) is 0 Å². The Hall–Kier alpha value is -3.21. The Labute approximate surface area is 220 Å². The van der Waals surface area contributed by atoms with Gasteiger partial charge in [0.25, 0.3) is 0 Å². The molecule has 1 atom stereocenters. The van der Waals surface area contributed by atoms with E-state index >= 15 is 0 Å². The monoisotopic (exact) mass is 503 g/mol. The molecule has 0 radical (unpaired) electrons. The van der Waals surface area contributed by atoms with Gasteiger partial charge in [0.15, 0.2) is 0 Å². The smallest absolute Gasteiger partial charge is 0.138 e. The lowest BCUT2D eigenvalue weighted by Gasteiger charge is -2.32. The molecule has 0 spiro atoms. The Morgan fingerprint density at radius 1 is 0.722 bits per heavy atom. The molecule has 1 aliphatic rings. The number of methoxy groups -OCH3 is 2. The fourth-order valence-corrected chi connectivity index (χ4v) is 5.06. The maximum atomic E-state index is 6.78. The van der Waals surface area contributed by atoms with Crippen molar-refractivity contribution in [3.8, 4) is 28.4 Å². The van der Waals surface area contributed by atoms with Crippen LogP contribution in [0.3, 0.4) is 0 Å². The number of para-hydroxylation sites is 1. The van der Waals surface area contributed by atoms with E-state index in [1.807, 2.05) is 48.5 Å². The lowest BCUT2D eigenvalue weighted by Crippen LogP contribution is -2.35. The largest absolute Gasteiger partial charge is 0.497 e. The van der Waals surface area contributed by atoms with Gasteiger partial charge in [-0.05, 0) is 84.2 Å². The van der Waals surface area contributed by atoms with E-state index in [0.29, 0.717) is 0 Å². The van der Waals surface area contributed by atoms with Crippen LogP contribution in [0.15, 0.2) is 84.9 Å². The number of fused-ring (bicyclic) bond motifs is 1. The maximum Gasteiger partial charge on any atom is 0.138 e. The number of likely N-dealkylation sites (tertiary alicyclic amines) is 1. The molecule has 4 nitrogen and oxygen atoms in total. The van der Waals surface area contributed by atoms with E-state index in [2.05, 4.69) is 41.3 Å². The van der Waals surface area contributed by atoms with Crippen molar-refractivity contribution < 1.29 is 14.2 Å². The molecule has 0 aromatic heterocycles. The van der Waals surface area contributed by atoms with Crippen molar-refractivity contribution in [3.05, 3.63) is 90.5 Å². The summed E-state index contributed by atoms with van der Waals surface area (Å²) < 4.78 is 17.7. The van der Waals surface area contributed by atoms with Crippen LogP contribution < -0.4 is 14.2 Å². The number of benzene rings is 4. The predicted octanol–water partition coefficient (Wildman–Crippen LogP) is 7.55. The summed E-state index contributed by atoms with van der Waals surface area (Å²) in [5.74, 6) is 2.60. The van der Waals surface area contributed by atoms with Crippen molar-refractivity contribution in [2.75, 3.05) is 33.9 Å². The zero-order chi connectivity index (χ0) is 24.0. The minimum absolute atomic E-state index is 0. The van der Waals surface area contributed by atoms with E-state index in [0.717, 1.165) is 47.8 Å². The topological polar surface area (TPSA) is 30.9 Å². The summed E-state index contributed by atoms with van der Waals surface area (Å²) in [5, 5.41) is 2.34. The number of ether oxygens (including phenoxy) is 3. The van der Waals surface area contributed by atoms with Crippen LogP contribution in [0.5, 0.6) is 17.2 Å².